The molecule has 0 atom stereocenters. The number of likely N-dealkylation sites (tertiary alicyclic amines) is 1. The first-order chi connectivity index (χ1) is 11.0. The molecule has 0 saturated carbocycles. The predicted molar refractivity (Wildman–Crippen MR) is 86.5 cm³/mol. The van der Waals surface area contributed by atoms with E-state index in [0.29, 0.717) is 24.4 Å². The van der Waals surface area contributed by atoms with E-state index in [2.05, 4.69) is 6.07 Å². The first kappa shape index (κ1) is 15.6. The Balaban J connectivity index is 2.03. The van der Waals surface area contributed by atoms with Crippen molar-refractivity contribution in [3.63, 3.8) is 0 Å². The third-order valence-corrected chi connectivity index (χ3v) is 4.60. The van der Waals surface area contributed by atoms with Gasteiger partial charge in [0.25, 0.3) is 0 Å². The number of ether oxygens (including phenoxy) is 1. The molecule has 1 aliphatic heterocycles. The van der Waals surface area contributed by atoms with Gasteiger partial charge in [0.05, 0.1) is 7.11 Å². The highest BCUT2D eigenvalue weighted by molar-refractivity contribution is 5.96. The van der Waals surface area contributed by atoms with Gasteiger partial charge in [0.15, 0.2) is 0 Å². The van der Waals surface area contributed by atoms with E-state index in [0.717, 1.165) is 29.4 Å². The van der Waals surface area contributed by atoms with Crippen molar-refractivity contribution in [2.75, 3.05) is 20.2 Å². The molecule has 1 aromatic carbocycles. The van der Waals surface area contributed by atoms with Gasteiger partial charge in [0.1, 0.15) is 5.58 Å². The lowest BCUT2D eigenvalue weighted by atomic mass is 9.87. The van der Waals surface area contributed by atoms with Crippen molar-refractivity contribution < 1.29 is 18.7 Å². The number of carbonyl (C=O) groups is 2. The second kappa shape index (κ2) is 6.07. The van der Waals surface area contributed by atoms with Crippen LogP contribution < -0.4 is 0 Å². The van der Waals surface area contributed by atoms with Gasteiger partial charge < -0.3 is 14.1 Å². The highest BCUT2D eigenvalue weighted by Crippen LogP contribution is 2.38. The summed E-state index contributed by atoms with van der Waals surface area (Å²) in [6.07, 6.45) is 1.65. The molecular weight excluding hydrogens is 294 g/mol. The van der Waals surface area contributed by atoms with E-state index in [4.69, 9.17) is 9.15 Å². The highest BCUT2D eigenvalue weighted by Gasteiger charge is 2.30. The molecule has 2 aromatic rings. The van der Waals surface area contributed by atoms with Crippen LogP contribution in [0.1, 0.15) is 47.4 Å². The number of piperidine rings is 1. The highest BCUT2D eigenvalue weighted by atomic mass is 16.5. The fraction of sp³-hybridized carbons (Fsp3) is 0.444. The molecule has 1 fully saturated rings. The Morgan fingerprint density at radius 1 is 1.26 bits per heavy atom. The number of aryl methyl sites for hydroxylation is 1. The SMILES string of the molecule is COC(=O)c1oc2ccc(C)cc2c1C1CCN(C(C)=O)CC1. The van der Waals surface area contributed by atoms with Crippen LogP contribution in [0.5, 0.6) is 0 Å². The fourth-order valence-corrected chi connectivity index (χ4v) is 3.36. The quantitative estimate of drug-likeness (QED) is 0.798. The van der Waals surface area contributed by atoms with Crippen molar-refractivity contribution in [3.05, 3.63) is 35.1 Å². The van der Waals surface area contributed by atoms with E-state index < -0.39 is 5.97 Å². The molecule has 5 nitrogen and oxygen atoms in total. The van der Waals surface area contributed by atoms with Crippen molar-refractivity contribution in [1.29, 1.82) is 0 Å². The normalized spacial score (nSPS) is 15.9. The number of furan rings is 1. The van der Waals surface area contributed by atoms with Crippen LogP contribution in [0, 0.1) is 6.92 Å². The lowest BCUT2D eigenvalue weighted by Crippen LogP contribution is -2.36. The lowest BCUT2D eigenvalue weighted by molar-refractivity contribution is -0.129. The zero-order valence-corrected chi connectivity index (χ0v) is 13.7. The number of nitrogens with zero attached hydrogens (tertiary/aromatic N) is 1. The molecule has 1 amide bonds. The molecule has 0 unspecified atom stereocenters. The van der Waals surface area contributed by atoms with Gasteiger partial charge in [-0.25, -0.2) is 4.79 Å². The van der Waals surface area contributed by atoms with Gasteiger partial charge in [-0.2, -0.15) is 0 Å². The van der Waals surface area contributed by atoms with E-state index in [1.54, 1.807) is 6.92 Å². The maximum absolute atomic E-state index is 12.1. The van der Waals surface area contributed by atoms with Crippen LogP contribution >= 0.6 is 0 Å². The Bertz CT molecular complexity index is 754. The van der Waals surface area contributed by atoms with Gasteiger partial charge in [-0.3, -0.25) is 4.79 Å². The van der Waals surface area contributed by atoms with E-state index >= 15 is 0 Å². The summed E-state index contributed by atoms with van der Waals surface area (Å²) in [5.74, 6) is 0.157. The van der Waals surface area contributed by atoms with Crippen LogP contribution in [0.2, 0.25) is 0 Å². The average Bonchev–Trinajstić information content (AvgIpc) is 2.92. The average molecular weight is 315 g/mol. The number of hydrogen-bond acceptors (Lipinski definition) is 4. The number of esters is 1. The number of carbonyl (C=O) groups excluding carboxylic acids is 2. The summed E-state index contributed by atoms with van der Waals surface area (Å²) in [7, 11) is 1.36. The van der Waals surface area contributed by atoms with Crippen LogP contribution in [-0.4, -0.2) is 37.0 Å². The first-order valence-electron chi connectivity index (χ1n) is 7.88. The maximum Gasteiger partial charge on any atom is 0.374 e. The fourth-order valence-electron chi connectivity index (χ4n) is 3.36. The van der Waals surface area contributed by atoms with Gasteiger partial charge in [-0.05, 0) is 37.8 Å². The second-order valence-electron chi connectivity index (χ2n) is 6.12. The zero-order chi connectivity index (χ0) is 16.6. The zero-order valence-electron chi connectivity index (χ0n) is 13.7. The van der Waals surface area contributed by atoms with Crippen molar-refractivity contribution in [2.45, 2.75) is 32.6 Å². The van der Waals surface area contributed by atoms with Crippen LogP contribution in [0.4, 0.5) is 0 Å². The number of benzene rings is 1. The third kappa shape index (κ3) is 2.83. The van der Waals surface area contributed by atoms with Gasteiger partial charge in [0.2, 0.25) is 11.7 Å². The van der Waals surface area contributed by atoms with E-state index in [1.807, 2.05) is 24.0 Å². The van der Waals surface area contributed by atoms with Crippen molar-refractivity contribution in [3.8, 4) is 0 Å². The summed E-state index contributed by atoms with van der Waals surface area (Å²) in [5, 5.41) is 0.978. The molecule has 1 aromatic heterocycles. The van der Waals surface area contributed by atoms with Gasteiger partial charge >= 0.3 is 5.97 Å². The number of fused-ring (bicyclic) bond motifs is 1. The Morgan fingerprint density at radius 3 is 2.57 bits per heavy atom. The number of hydrogen-bond donors (Lipinski definition) is 0. The molecule has 0 spiro atoms. The second-order valence-corrected chi connectivity index (χ2v) is 6.12. The lowest BCUT2D eigenvalue weighted by Gasteiger charge is -2.31. The molecule has 1 saturated heterocycles. The summed E-state index contributed by atoms with van der Waals surface area (Å²) in [4.78, 5) is 25.5. The Hall–Kier alpha value is -2.30. The predicted octanol–water partition coefficient (Wildman–Crippen LogP) is 3.25. The standard InChI is InChI=1S/C18H21NO4/c1-11-4-5-15-14(10-11)16(17(23-15)18(21)22-3)13-6-8-19(9-7-13)12(2)20/h4-5,10,13H,6-9H2,1-3H3. The van der Waals surface area contributed by atoms with Crippen LogP contribution in [0.15, 0.2) is 22.6 Å². The summed E-state index contributed by atoms with van der Waals surface area (Å²) < 4.78 is 10.7. The molecule has 0 radical (unpaired) electrons. The topological polar surface area (TPSA) is 59.8 Å². The number of rotatable bonds is 2. The molecule has 0 N–H and O–H groups in total. The van der Waals surface area contributed by atoms with Crippen molar-refractivity contribution in [1.82, 2.24) is 4.90 Å². The minimum atomic E-state index is -0.442. The summed E-state index contributed by atoms with van der Waals surface area (Å²) >= 11 is 0. The summed E-state index contributed by atoms with van der Waals surface area (Å²) in [6, 6.07) is 5.91. The molecule has 122 valence electrons. The third-order valence-electron chi connectivity index (χ3n) is 4.60. The Kier molecular flexibility index (Phi) is 4.11. The monoisotopic (exact) mass is 315 g/mol. The molecular formula is C18H21NO4. The number of methoxy groups -OCH3 is 1. The number of amides is 1. The Morgan fingerprint density at radius 2 is 1.96 bits per heavy atom. The van der Waals surface area contributed by atoms with Crippen molar-refractivity contribution in [2.24, 2.45) is 0 Å². The molecule has 23 heavy (non-hydrogen) atoms. The van der Waals surface area contributed by atoms with Crippen LogP contribution in [0.25, 0.3) is 11.0 Å². The minimum Gasteiger partial charge on any atom is -0.463 e. The maximum atomic E-state index is 12.1. The molecule has 3 rings (SSSR count). The van der Waals surface area contributed by atoms with E-state index in [9.17, 15) is 9.59 Å². The summed E-state index contributed by atoms with van der Waals surface area (Å²) in [5.41, 5.74) is 2.76. The molecule has 0 aliphatic carbocycles. The first-order valence-corrected chi connectivity index (χ1v) is 7.88. The smallest absolute Gasteiger partial charge is 0.374 e. The van der Waals surface area contributed by atoms with Gasteiger partial charge in [-0.1, -0.05) is 11.6 Å². The van der Waals surface area contributed by atoms with E-state index in [1.165, 1.54) is 7.11 Å². The van der Waals surface area contributed by atoms with Gasteiger partial charge in [0, 0.05) is 31.0 Å². The summed E-state index contributed by atoms with van der Waals surface area (Å²) in [6.45, 7) is 5.03. The van der Waals surface area contributed by atoms with Crippen molar-refractivity contribution >= 4 is 22.8 Å². The van der Waals surface area contributed by atoms with Crippen LogP contribution in [-0.2, 0) is 9.53 Å². The van der Waals surface area contributed by atoms with Crippen LogP contribution in [0.3, 0.4) is 0 Å². The molecule has 1 aliphatic rings. The largest absolute Gasteiger partial charge is 0.463 e. The molecule has 0 bridgehead atoms. The minimum absolute atomic E-state index is 0.101. The molecule has 5 heteroatoms. The van der Waals surface area contributed by atoms with E-state index in [-0.39, 0.29) is 11.8 Å². The van der Waals surface area contributed by atoms with Gasteiger partial charge in [-0.15, -0.1) is 0 Å². The Labute approximate surface area is 135 Å². The molecule has 2 heterocycles.